The third-order valence-electron chi connectivity index (χ3n) is 3.87. The second-order valence-electron chi connectivity index (χ2n) is 5.50. The van der Waals surface area contributed by atoms with E-state index in [0.717, 1.165) is 0 Å². The molecule has 2 amide bonds. The molecule has 2 aromatic rings. The number of nitrogens with zero attached hydrogens (tertiary/aromatic N) is 1. The second kappa shape index (κ2) is 9.12. The van der Waals surface area contributed by atoms with Gasteiger partial charge in [0.1, 0.15) is 0 Å². The van der Waals surface area contributed by atoms with Gasteiger partial charge in [0.05, 0.1) is 10.5 Å². The van der Waals surface area contributed by atoms with Crippen molar-refractivity contribution >= 4 is 37.8 Å². The van der Waals surface area contributed by atoms with E-state index in [1.807, 2.05) is 0 Å². The van der Waals surface area contributed by atoms with Gasteiger partial charge in [-0.3, -0.25) is 20.4 Å². The number of halogens is 1. The minimum Gasteiger partial charge on any atom is -0.267 e. The Labute approximate surface area is 166 Å². The normalized spacial score (nSPS) is 11.3. The van der Waals surface area contributed by atoms with Crippen LogP contribution in [0.5, 0.6) is 0 Å². The van der Waals surface area contributed by atoms with E-state index < -0.39 is 21.8 Å². The molecule has 9 heteroatoms. The van der Waals surface area contributed by atoms with Crippen LogP contribution in [0.25, 0.3) is 0 Å². The Hall–Kier alpha value is -2.23. The van der Waals surface area contributed by atoms with Gasteiger partial charge >= 0.3 is 0 Å². The molecule has 0 heterocycles. The van der Waals surface area contributed by atoms with Gasteiger partial charge in [0.2, 0.25) is 10.0 Å². The van der Waals surface area contributed by atoms with E-state index in [4.69, 9.17) is 0 Å². The van der Waals surface area contributed by atoms with E-state index in [1.165, 1.54) is 28.6 Å². The Morgan fingerprint density at radius 2 is 1.48 bits per heavy atom. The molecule has 144 valence electrons. The van der Waals surface area contributed by atoms with Crippen LogP contribution in [0.1, 0.15) is 34.6 Å². The molecule has 0 spiro atoms. The average molecular weight is 454 g/mol. The summed E-state index contributed by atoms with van der Waals surface area (Å²) >= 11 is 3.26. The van der Waals surface area contributed by atoms with Crippen LogP contribution in [0.4, 0.5) is 0 Å². The summed E-state index contributed by atoms with van der Waals surface area (Å²) in [6.07, 6.45) is 0. The first-order valence-electron chi connectivity index (χ1n) is 8.26. The van der Waals surface area contributed by atoms with Crippen molar-refractivity contribution in [2.75, 3.05) is 13.1 Å². The number of hydrogen-bond donors (Lipinski definition) is 2. The molecule has 0 saturated heterocycles. The van der Waals surface area contributed by atoms with Crippen LogP contribution in [-0.4, -0.2) is 37.6 Å². The van der Waals surface area contributed by atoms with E-state index in [2.05, 4.69) is 26.8 Å². The first-order chi connectivity index (χ1) is 12.8. The number of carbonyl (C=O) groups is 2. The molecule has 7 nitrogen and oxygen atoms in total. The fourth-order valence-electron chi connectivity index (χ4n) is 2.39. The summed E-state index contributed by atoms with van der Waals surface area (Å²) in [4.78, 5) is 24.4. The Balaban J connectivity index is 2.06. The van der Waals surface area contributed by atoms with Crippen molar-refractivity contribution in [3.05, 3.63) is 64.1 Å². The van der Waals surface area contributed by atoms with E-state index in [0.29, 0.717) is 23.1 Å². The van der Waals surface area contributed by atoms with Gasteiger partial charge in [0.15, 0.2) is 0 Å². The average Bonchev–Trinajstić information content (AvgIpc) is 2.67. The van der Waals surface area contributed by atoms with Crippen LogP contribution in [-0.2, 0) is 10.0 Å². The van der Waals surface area contributed by atoms with Crippen LogP contribution in [0.2, 0.25) is 0 Å². The Kier molecular flexibility index (Phi) is 7.11. The number of rotatable bonds is 6. The smallest absolute Gasteiger partial charge is 0.267 e. The molecule has 0 radical (unpaired) electrons. The molecule has 0 aromatic heterocycles. The maximum Gasteiger partial charge on any atom is 0.270 e. The first kappa shape index (κ1) is 21.1. The number of amides is 2. The van der Waals surface area contributed by atoms with E-state index in [1.54, 1.807) is 38.1 Å². The van der Waals surface area contributed by atoms with E-state index in [-0.39, 0.29) is 10.5 Å². The maximum absolute atomic E-state index is 12.4. The van der Waals surface area contributed by atoms with Gasteiger partial charge in [-0.15, -0.1) is 0 Å². The lowest BCUT2D eigenvalue weighted by atomic mass is 10.2. The molecule has 0 bridgehead atoms. The summed E-state index contributed by atoms with van der Waals surface area (Å²) in [6, 6.07) is 12.3. The van der Waals surface area contributed by atoms with Crippen LogP contribution >= 0.6 is 15.9 Å². The topological polar surface area (TPSA) is 95.6 Å². The third kappa shape index (κ3) is 4.94. The lowest BCUT2D eigenvalue weighted by Gasteiger charge is -2.18. The van der Waals surface area contributed by atoms with Gasteiger partial charge in [-0.25, -0.2) is 8.42 Å². The second-order valence-corrected chi connectivity index (χ2v) is 8.29. The molecule has 0 saturated carbocycles. The monoisotopic (exact) mass is 453 g/mol. The standard InChI is InChI=1S/C18H20BrN3O4S/c1-3-22(4-2)27(25,26)14-11-9-13(10-12-14)17(23)20-21-18(24)15-7-5-6-8-16(15)19/h5-12H,3-4H2,1-2H3,(H,20,23)(H,21,24). The SMILES string of the molecule is CCN(CC)S(=O)(=O)c1ccc(C(=O)NNC(=O)c2ccccc2Br)cc1. The summed E-state index contributed by atoms with van der Waals surface area (Å²) in [5.41, 5.74) is 5.23. The highest BCUT2D eigenvalue weighted by Gasteiger charge is 2.21. The maximum atomic E-state index is 12.4. The lowest BCUT2D eigenvalue weighted by Crippen LogP contribution is -2.41. The zero-order valence-electron chi connectivity index (χ0n) is 14.9. The van der Waals surface area contributed by atoms with Crippen molar-refractivity contribution in [1.29, 1.82) is 0 Å². The zero-order chi connectivity index (χ0) is 20.0. The van der Waals surface area contributed by atoms with Crippen LogP contribution in [0.3, 0.4) is 0 Å². The fraction of sp³-hybridized carbons (Fsp3) is 0.222. The van der Waals surface area contributed by atoms with E-state index >= 15 is 0 Å². The van der Waals surface area contributed by atoms with Gasteiger partial charge in [-0.05, 0) is 52.3 Å². The molecular formula is C18H20BrN3O4S. The lowest BCUT2D eigenvalue weighted by molar-refractivity contribution is 0.0846. The molecule has 0 atom stereocenters. The zero-order valence-corrected chi connectivity index (χ0v) is 17.3. The van der Waals surface area contributed by atoms with Crippen LogP contribution in [0.15, 0.2) is 57.9 Å². The van der Waals surface area contributed by atoms with Gasteiger partial charge in [-0.2, -0.15) is 4.31 Å². The summed E-state index contributed by atoms with van der Waals surface area (Å²) < 4.78 is 26.8. The van der Waals surface area contributed by atoms with E-state index in [9.17, 15) is 18.0 Å². The number of hydrazine groups is 1. The summed E-state index contributed by atoms with van der Waals surface area (Å²) in [5, 5.41) is 0. The molecule has 2 N–H and O–H groups in total. The quantitative estimate of drug-likeness (QED) is 0.656. The molecule has 0 aliphatic carbocycles. The summed E-state index contributed by atoms with van der Waals surface area (Å²) in [7, 11) is -3.58. The molecule has 0 aliphatic rings. The Bertz CT molecular complexity index is 926. The van der Waals surface area contributed by atoms with Gasteiger partial charge in [-0.1, -0.05) is 26.0 Å². The molecule has 27 heavy (non-hydrogen) atoms. The molecule has 0 fully saturated rings. The van der Waals surface area contributed by atoms with Crippen LogP contribution in [0, 0.1) is 0 Å². The van der Waals surface area contributed by atoms with Crippen molar-refractivity contribution in [2.45, 2.75) is 18.7 Å². The highest BCUT2D eigenvalue weighted by molar-refractivity contribution is 9.10. The number of carbonyl (C=O) groups excluding carboxylic acids is 2. The van der Waals surface area contributed by atoms with Crippen molar-refractivity contribution < 1.29 is 18.0 Å². The Morgan fingerprint density at radius 1 is 0.926 bits per heavy atom. The van der Waals surface area contributed by atoms with Gasteiger partial charge < -0.3 is 0 Å². The van der Waals surface area contributed by atoms with Crippen molar-refractivity contribution in [2.24, 2.45) is 0 Å². The van der Waals surface area contributed by atoms with Gasteiger partial charge in [0, 0.05) is 23.1 Å². The summed E-state index contributed by atoms with van der Waals surface area (Å²) in [5.74, 6) is -1.03. The van der Waals surface area contributed by atoms with Crippen molar-refractivity contribution in [3.63, 3.8) is 0 Å². The highest BCUT2D eigenvalue weighted by Crippen LogP contribution is 2.17. The molecule has 2 rings (SSSR count). The number of nitrogens with one attached hydrogen (secondary N) is 2. The largest absolute Gasteiger partial charge is 0.270 e. The fourth-order valence-corrected chi connectivity index (χ4v) is 4.31. The minimum atomic E-state index is -3.58. The number of sulfonamides is 1. The predicted molar refractivity (Wildman–Crippen MR) is 106 cm³/mol. The summed E-state index contributed by atoms with van der Waals surface area (Å²) in [6.45, 7) is 4.25. The van der Waals surface area contributed by atoms with Crippen LogP contribution < -0.4 is 10.9 Å². The minimum absolute atomic E-state index is 0.111. The predicted octanol–water partition coefficient (Wildman–Crippen LogP) is 2.55. The Morgan fingerprint density at radius 3 is 2.04 bits per heavy atom. The molecule has 0 aliphatic heterocycles. The third-order valence-corrected chi connectivity index (χ3v) is 6.62. The molecule has 0 unspecified atom stereocenters. The number of hydrogen-bond acceptors (Lipinski definition) is 4. The molecular weight excluding hydrogens is 434 g/mol. The first-order valence-corrected chi connectivity index (χ1v) is 10.5. The van der Waals surface area contributed by atoms with Crippen molar-refractivity contribution in [3.8, 4) is 0 Å². The van der Waals surface area contributed by atoms with Crippen molar-refractivity contribution in [1.82, 2.24) is 15.2 Å². The highest BCUT2D eigenvalue weighted by atomic mass is 79.9. The number of benzene rings is 2. The van der Waals surface area contributed by atoms with Gasteiger partial charge in [0.25, 0.3) is 11.8 Å². The molecule has 2 aromatic carbocycles.